The summed E-state index contributed by atoms with van der Waals surface area (Å²) < 4.78 is 2.35. The molecule has 8 aromatic carbocycles. The van der Waals surface area contributed by atoms with Crippen LogP contribution in [0.5, 0.6) is 0 Å². The molecule has 248 valence electrons. The topological polar surface area (TPSA) is 43.1 Å². The van der Waals surface area contributed by atoms with E-state index in [1.807, 2.05) is 36.5 Å². The first-order valence-corrected chi connectivity index (χ1v) is 20.5. The van der Waals surface area contributed by atoms with E-state index < -0.39 is 6.04 Å². The summed E-state index contributed by atoms with van der Waals surface area (Å²) in [5.41, 5.74) is 8.16. The number of imidazole rings is 1. The second kappa shape index (κ2) is 11.6. The van der Waals surface area contributed by atoms with E-state index in [1.54, 1.807) is 0 Å². The summed E-state index contributed by atoms with van der Waals surface area (Å²) in [5, 5.41) is 11.5. The average Bonchev–Trinajstić information content (AvgIpc) is 3.62. The first-order chi connectivity index (χ1) is 26.1. The van der Waals surface area contributed by atoms with Gasteiger partial charge in [-0.1, -0.05) is 145 Å². The molecule has 1 unspecified atom stereocenters. The lowest BCUT2D eigenvalue weighted by atomic mass is 9.96. The Balaban J connectivity index is 1.08. The number of pyridine rings is 1. The zero-order valence-electron chi connectivity index (χ0n) is 28.4. The molecule has 11 rings (SSSR count). The minimum Gasteiger partial charge on any atom is -0.292 e. The van der Waals surface area contributed by atoms with Crippen molar-refractivity contribution in [1.29, 1.82) is 0 Å². The fourth-order valence-electron chi connectivity index (χ4n) is 8.04. The molecule has 0 amide bonds. The smallest absolute Gasteiger partial charge is 0.169 e. The minimum atomic E-state index is -2.55. The molecule has 4 nitrogen and oxygen atoms in total. The van der Waals surface area contributed by atoms with Gasteiger partial charge in [0.25, 0.3) is 0 Å². The number of hydrogen-bond donors (Lipinski definition) is 0. The number of fused-ring (bicyclic) bond motifs is 12. The van der Waals surface area contributed by atoms with Crippen molar-refractivity contribution >= 4 is 105 Å². The normalized spacial score (nSPS) is 13.1. The Morgan fingerprint density at radius 3 is 2.04 bits per heavy atom. The lowest BCUT2D eigenvalue weighted by Gasteiger charge is -2.22. The van der Waals surface area contributed by atoms with Crippen molar-refractivity contribution in [3.63, 3.8) is 0 Å². The quantitative estimate of drug-likeness (QED) is 0.135. The molecule has 0 saturated carbocycles. The lowest BCUT2D eigenvalue weighted by Crippen LogP contribution is -2.29. The zero-order chi connectivity index (χ0) is 35.1. The molecule has 1 atom stereocenters. The molecule has 11 aromatic rings. The third-order valence-corrected chi connectivity index (χ3v) is 15.2. The van der Waals surface area contributed by atoms with E-state index in [0.717, 1.165) is 65.6 Å². The third kappa shape index (κ3) is 4.61. The summed E-state index contributed by atoms with van der Waals surface area (Å²) in [6.07, 6.45) is 1.91. The van der Waals surface area contributed by atoms with Crippen molar-refractivity contribution in [2.75, 3.05) is 0 Å². The number of rotatable bonds is 4. The van der Waals surface area contributed by atoms with Gasteiger partial charge in [0, 0.05) is 22.4 Å². The van der Waals surface area contributed by atoms with Gasteiger partial charge in [-0.05, 0) is 85.1 Å². The third-order valence-electron chi connectivity index (χ3n) is 10.6. The highest BCUT2D eigenvalue weighted by Gasteiger charge is 2.28. The standard InChI is InChI=1S/C47H29N4PS/c53-52(36-12-2-1-3-13-36,47-48-29-35-11-5-7-15-41(35)50-47)37-23-20-32-26-31(18-19-33(32)27-37)34-22-24-39-40-25-21-30-10-4-6-14-38(30)45(40)46-49-42-16-8-9-17-43(42)51(46)44(39)28-34/h1-29H. The number of benzene rings is 8. The highest BCUT2D eigenvalue weighted by Crippen LogP contribution is 2.43. The van der Waals surface area contributed by atoms with Crippen LogP contribution in [0.25, 0.3) is 81.9 Å². The molecule has 0 saturated heterocycles. The van der Waals surface area contributed by atoms with Crippen LogP contribution in [0.2, 0.25) is 0 Å². The number of nitrogens with zero attached hydrogens (tertiary/aromatic N) is 4. The Labute approximate surface area is 310 Å². The lowest BCUT2D eigenvalue weighted by molar-refractivity contribution is 1.30. The number of para-hydroxylation sites is 3. The highest BCUT2D eigenvalue weighted by atomic mass is 32.4. The Bertz CT molecular complexity index is 3340. The predicted molar refractivity (Wildman–Crippen MR) is 227 cm³/mol. The van der Waals surface area contributed by atoms with Gasteiger partial charge in [0.15, 0.2) is 5.57 Å². The maximum Gasteiger partial charge on any atom is 0.169 e. The molecule has 0 aliphatic carbocycles. The monoisotopic (exact) mass is 712 g/mol. The van der Waals surface area contributed by atoms with Crippen LogP contribution in [0.15, 0.2) is 176 Å². The Morgan fingerprint density at radius 1 is 0.453 bits per heavy atom. The number of hydrogen-bond acceptors (Lipinski definition) is 4. The molecule has 0 spiro atoms. The molecular weight excluding hydrogens is 684 g/mol. The second-order valence-corrected chi connectivity index (χ2v) is 17.9. The Kier molecular flexibility index (Phi) is 6.66. The van der Waals surface area contributed by atoms with Crippen LogP contribution in [0, 0.1) is 0 Å². The van der Waals surface area contributed by atoms with Crippen LogP contribution < -0.4 is 16.2 Å². The van der Waals surface area contributed by atoms with Crippen LogP contribution in [0.4, 0.5) is 0 Å². The fourth-order valence-corrected chi connectivity index (χ4v) is 11.4. The molecule has 6 heteroatoms. The maximum absolute atomic E-state index is 6.68. The molecule has 0 aliphatic rings. The van der Waals surface area contributed by atoms with Gasteiger partial charge in [-0.15, -0.1) is 0 Å². The Hall–Kier alpha value is -6.26. The first-order valence-electron chi connectivity index (χ1n) is 17.7. The van der Waals surface area contributed by atoms with E-state index in [-0.39, 0.29) is 0 Å². The largest absolute Gasteiger partial charge is 0.292 e. The van der Waals surface area contributed by atoms with Gasteiger partial charge in [-0.25, -0.2) is 15.0 Å². The van der Waals surface area contributed by atoms with E-state index in [9.17, 15) is 0 Å². The summed E-state index contributed by atoms with van der Waals surface area (Å²) in [6.45, 7) is 0. The van der Waals surface area contributed by atoms with Gasteiger partial charge < -0.3 is 0 Å². The van der Waals surface area contributed by atoms with Crippen LogP contribution in [0.3, 0.4) is 0 Å². The molecule has 3 heterocycles. The summed E-state index contributed by atoms with van der Waals surface area (Å²) in [6, 6.07) is 57.7. The summed E-state index contributed by atoms with van der Waals surface area (Å²) in [5.74, 6) is 0. The van der Waals surface area contributed by atoms with E-state index in [2.05, 4.69) is 144 Å². The highest BCUT2D eigenvalue weighted by molar-refractivity contribution is 8.25. The second-order valence-electron chi connectivity index (χ2n) is 13.6. The van der Waals surface area contributed by atoms with Gasteiger partial charge in [0.05, 0.1) is 28.1 Å². The van der Waals surface area contributed by atoms with Crippen LogP contribution in [-0.4, -0.2) is 19.4 Å². The molecule has 0 bridgehead atoms. The summed E-state index contributed by atoms with van der Waals surface area (Å²) >= 11 is 6.68. The van der Waals surface area contributed by atoms with E-state index in [4.69, 9.17) is 26.8 Å². The van der Waals surface area contributed by atoms with E-state index in [0.29, 0.717) is 5.57 Å². The fraction of sp³-hybridized carbons (Fsp3) is 0. The van der Waals surface area contributed by atoms with Gasteiger partial charge in [-0.2, -0.15) is 0 Å². The summed E-state index contributed by atoms with van der Waals surface area (Å²) in [4.78, 5) is 15.2. The minimum absolute atomic E-state index is 0.711. The molecule has 0 fully saturated rings. The van der Waals surface area contributed by atoms with Crippen LogP contribution >= 0.6 is 6.04 Å². The van der Waals surface area contributed by atoms with Gasteiger partial charge in [-0.3, -0.25) is 4.40 Å². The molecule has 0 radical (unpaired) electrons. The van der Waals surface area contributed by atoms with Crippen molar-refractivity contribution in [2.24, 2.45) is 0 Å². The summed E-state index contributed by atoms with van der Waals surface area (Å²) in [7, 11) is 0. The van der Waals surface area contributed by atoms with Crippen molar-refractivity contribution in [3.8, 4) is 11.1 Å². The SMILES string of the molecule is S=P(c1ccccc1)(c1ccc2cc(-c3ccc4c5ccc6ccccc6c5c5nc6ccccc6n5c4c3)ccc2c1)c1ncc2ccccc2n1. The molecule has 53 heavy (non-hydrogen) atoms. The Morgan fingerprint density at radius 2 is 1.13 bits per heavy atom. The first kappa shape index (κ1) is 30.4. The molecule has 3 aromatic heterocycles. The van der Waals surface area contributed by atoms with Crippen molar-refractivity contribution in [2.45, 2.75) is 0 Å². The zero-order valence-corrected chi connectivity index (χ0v) is 30.1. The molecule has 0 N–H and O–H groups in total. The van der Waals surface area contributed by atoms with E-state index >= 15 is 0 Å². The van der Waals surface area contributed by atoms with Crippen molar-refractivity contribution in [1.82, 2.24) is 19.4 Å². The van der Waals surface area contributed by atoms with Gasteiger partial charge in [0.2, 0.25) is 0 Å². The number of aromatic nitrogens is 4. The van der Waals surface area contributed by atoms with E-state index in [1.165, 1.54) is 26.9 Å². The molecular formula is C47H29N4PS. The van der Waals surface area contributed by atoms with Crippen molar-refractivity contribution in [3.05, 3.63) is 176 Å². The van der Waals surface area contributed by atoms with Crippen molar-refractivity contribution < 1.29 is 0 Å². The van der Waals surface area contributed by atoms with Crippen LogP contribution in [-0.2, 0) is 11.8 Å². The average molecular weight is 713 g/mol. The maximum atomic E-state index is 6.68. The van der Waals surface area contributed by atoms with Gasteiger partial charge in [0.1, 0.15) is 5.65 Å². The predicted octanol–water partition coefficient (Wildman–Crippen LogP) is 10.5. The van der Waals surface area contributed by atoms with Crippen LogP contribution in [0.1, 0.15) is 0 Å². The molecule has 0 aliphatic heterocycles. The van der Waals surface area contributed by atoms with Gasteiger partial charge >= 0.3 is 0 Å².